The Morgan fingerprint density at radius 2 is 2.15 bits per heavy atom. The van der Waals surface area contributed by atoms with E-state index < -0.39 is 0 Å². The van der Waals surface area contributed by atoms with E-state index in [1.165, 1.54) is 25.7 Å². The maximum atomic E-state index is 5.44. The normalized spacial score (nSPS) is 29.7. The van der Waals surface area contributed by atoms with Gasteiger partial charge in [-0.15, -0.1) is 12.3 Å². The fraction of sp³-hybridized carbons (Fsp3) is 0.833. The lowest BCUT2D eigenvalue weighted by Crippen LogP contribution is -2.48. The van der Waals surface area contributed by atoms with Gasteiger partial charge in [-0.05, 0) is 25.3 Å². The van der Waals surface area contributed by atoms with Crippen LogP contribution in [0.25, 0.3) is 0 Å². The van der Waals surface area contributed by atoms with Crippen LogP contribution in [0.3, 0.4) is 0 Å². The van der Waals surface area contributed by atoms with E-state index in [0.29, 0.717) is 5.92 Å². The maximum absolute atomic E-state index is 5.44. The molecule has 1 aliphatic rings. The molecule has 1 atom stereocenters. The minimum absolute atomic E-state index is 0.227. The van der Waals surface area contributed by atoms with Gasteiger partial charge in [0.1, 0.15) is 0 Å². The largest absolute Gasteiger partial charge is 0.310 e. The number of hydrogen-bond acceptors (Lipinski definition) is 1. The average Bonchev–Trinajstić information content (AvgIpc) is 2.31. The molecule has 0 aromatic heterocycles. The molecule has 0 aromatic carbocycles. The first-order valence-electron chi connectivity index (χ1n) is 5.40. The first-order chi connectivity index (χ1) is 6.21. The summed E-state index contributed by atoms with van der Waals surface area (Å²) in [6.45, 7) is 5.69. The fourth-order valence-corrected chi connectivity index (χ4v) is 2.20. The van der Waals surface area contributed by atoms with Gasteiger partial charge in [-0.3, -0.25) is 0 Å². The van der Waals surface area contributed by atoms with Crippen molar-refractivity contribution in [2.24, 2.45) is 5.92 Å². The molecule has 0 amide bonds. The second-order valence-electron chi connectivity index (χ2n) is 4.43. The Labute approximate surface area is 82.3 Å². The van der Waals surface area contributed by atoms with Crippen LogP contribution in [0.5, 0.6) is 0 Å². The van der Waals surface area contributed by atoms with E-state index in [1.54, 1.807) is 0 Å². The van der Waals surface area contributed by atoms with Gasteiger partial charge < -0.3 is 5.32 Å². The number of hydrogen-bond donors (Lipinski definition) is 1. The van der Waals surface area contributed by atoms with Gasteiger partial charge in [-0.2, -0.15) is 0 Å². The molecular weight excluding hydrogens is 158 g/mol. The zero-order valence-electron chi connectivity index (χ0n) is 8.90. The number of nitrogens with one attached hydrogen (secondary N) is 1. The highest BCUT2D eigenvalue weighted by Gasteiger charge is 2.32. The lowest BCUT2D eigenvalue weighted by atomic mass is 9.80. The molecule has 0 aliphatic carbocycles. The van der Waals surface area contributed by atoms with Crippen molar-refractivity contribution >= 4 is 0 Å². The molecule has 0 bridgehead atoms. The van der Waals surface area contributed by atoms with Crippen molar-refractivity contribution in [3.63, 3.8) is 0 Å². The van der Waals surface area contributed by atoms with Crippen LogP contribution in [0, 0.1) is 18.3 Å². The van der Waals surface area contributed by atoms with Gasteiger partial charge in [-0.1, -0.05) is 26.7 Å². The van der Waals surface area contributed by atoms with Crippen LogP contribution < -0.4 is 5.32 Å². The standard InChI is InChI=1S/C12H21N/c1-4-8-12(11(2)3)9-6-5-7-10-13-12/h1,11,13H,5-10H2,2-3H3. The highest BCUT2D eigenvalue weighted by atomic mass is 15.0. The zero-order chi connectivity index (χ0) is 9.73. The molecule has 1 rings (SSSR count). The Morgan fingerprint density at radius 3 is 2.77 bits per heavy atom. The van der Waals surface area contributed by atoms with Crippen molar-refractivity contribution < 1.29 is 0 Å². The first kappa shape index (κ1) is 10.6. The molecule has 1 N–H and O–H groups in total. The summed E-state index contributed by atoms with van der Waals surface area (Å²) >= 11 is 0. The molecule has 0 spiro atoms. The smallest absolute Gasteiger partial charge is 0.0313 e. The van der Waals surface area contributed by atoms with E-state index in [1.807, 2.05) is 0 Å². The monoisotopic (exact) mass is 179 g/mol. The van der Waals surface area contributed by atoms with Crippen LogP contribution in [0.15, 0.2) is 0 Å². The minimum atomic E-state index is 0.227. The summed E-state index contributed by atoms with van der Waals surface area (Å²) < 4.78 is 0. The molecule has 1 heteroatoms. The summed E-state index contributed by atoms with van der Waals surface area (Å²) in [6, 6.07) is 0. The van der Waals surface area contributed by atoms with E-state index >= 15 is 0 Å². The Balaban J connectivity index is 2.69. The van der Waals surface area contributed by atoms with Crippen LogP contribution in [0.4, 0.5) is 0 Å². The molecule has 1 heterocycles. The summed E-state index contributed by atoms with van der Waals surface area (Å²) in [7, 11) is 0. The van der Waals surface area contributed by atoms with Crippen LogP contribution in [0.2, 0.25) is 0 Å². The molecule has 13 heavy (non-hydrogen) atoms. The maximum Gasteiger partial charge on any atom is 0.0313 e. The summed E-state index contributed by atoms with van der Waals surface area (Å²) in [6.07, 6.45) is 11.6. The van der Waals surface area contributed by atoms with Gasteiger partial charge in [0.2, 0.25) is 0 Å². The third kappa shape index (κ3) is 2.48. The van der Waals surface area contributed by atoms with Gasteiger partial charge in [0.15, 0.2) is 0 Å². The summed E-state index contributed by atoms with van der Waals surface area (Å²) in [4.78, 5) is 0. The molecule has 1 saturated heterocycles. The lowest BCUT2D eigenvalue weighted by molar-refractivity contribution is 0.233. The quantitative estimate of drug-likeness (QED) is 0.642. The van der Waals surface area contributed by atoms with Crippen molar-refractivity contribution in [1.82, 2.24) is 5.32 Å². The van der Waals surface area contributed by atoms with Crippen LogP contribution in [-0.2, 0) is 0 Å². The van der Waals surface area contributed by atoms with Gasteiger partial charge in [0, 0.05) is 12.0 Å². The Hall–Kier alpha value is -0.480. The van der Waals surface area contributed by atoms with Crippen molar-refractivity contribution in [3.05, 3.63) is 0 Å². The molecule has 1 unspecified atom stereocenters. The molecule has 74 valence electrons. The second-order valence-corrected chi connectivity index (χ2v) is 4.43. The SMILES string of the molecule is C#CCC1(C(C)C)CCCCCN1. The average molecular weight is 179 g/mol. The topological polar surface area (TPSA) is 12.0 Å². The third-order valence-electron chi connectivity index (χ3n) is 3.30. The summed E-state index contributed by atoms with van der Waals surface area (Å²) in [5.41, 5.74) is 0.227. The first-order valence-corrected chi connectivity index (χ1v) is 5.40. The minimum Gasteiger partial charge on any atom is -0.310 e. The molecule has 1 fully saturated rings. The predicted octanol–water partition coefficient (Wildman–Crippen LogP) is 2.57. The molecule has 0 radical (unpaired) electrons. The van der Waals surface area contributed by atoms with Gasteiger partial charge in [0.05, 0.1) is 0 Å². The number of rotatable bonds is 2. The Bertz CT molecular complexity index is 180. The highest BCUT2D eigenvalue weighted by Crippen LogP contribution is 2.29. The number of terminal acetylenes is 1. The predicted molar refractivity (Wildman–Crippen MR) is 57.5 cm³/mol. The third-order valence-corrected chi connectivity index (χ3v) is 3.30. The van der Waals surface area contributed by atoms with Crippen molar-refractivity contribution in [3.8, 4) is 12.3 Å². The second kappa shape index (κ2) is 4.67. The van der Waals surface area contributed by atoms with Crippen molar-refractivity contribution in [1.29, 1.82) is 0 Å². The molecular formula is C12H21N. The fourth-order valence-electron chi connectivity index (χ4n) is 2.20. The lowest BCUT2D eigenvalue weighted by Gasteiger charge is -2.36. The van der Waals surface area contributed by atoms with Gasteiger partial charge in [0.25, 0.3) is 0 Å². The molecule has 0 aromatic rings. The Kier molecular flexibility index (Phi) is 3.81. The van der Waals surface area contributed by atoms with Crippen molar-refractivity contribution in [2.75, 3.05) is 6.54 Å². The van der Waals surface area contributed by atoms with E-state index in [-0.39, 0.29) is 5.54 Å². The van der Waals surface area contributed by atoms with Crippen LogP contribution in [0.1, 0.15) is 46.0 Å². The summed E-state index contributed by atoms with van der Waals surface area (Å²) in [5.74, 6) is 3.47. The van der Waals surface area contributed by atoms with Gasteiger partial charge in [-0.25, -0.2) is 0 Å². The van der Waals surface area contributed by atoms with Crippen LogP contribution in [-0.4, -0.2) is 12.1 Å². The van der Waals surface area contributed by atoms with Crippen molar-refractivity contribution in [2.45, 2.75) is 51.5 Å². The van der Waals surface area contributed by atoms with E-state index in [4.69, 9.17) is 6.42 Å². The van der Waals surface area contributed by atoms with E-state index in [0.717, 1.165) is 13.0 Å². The highest BCUT2D eigenvalue weighted by molar-refractivity contribution is 5.02. The van der Waals surface area contributed by atoms with Gasteiger partial charge >= 0.3 is 0 Å². The zero-order valence-corrected chi connectivity index (χ0v) is 8.90. The molecule has 1 nitrogen and oxygen atoms in total. The van der Waals surface area contributed by atoms with Crippen LogP contribution >= 0.6 is 0 Å². The Morgan fingerprint density at radius 1 is 1.38 bits per heavy atom. The molecule has 1 aliphatic heterocycles. The van der Waals surface area contributed by atoms with E-state index in [2.05, 4.69) is 25.1 Å². The molecule has 0 saturated carbocycles. The van der Waals surface area contributed by atoms with E-state index in [9.17, 15) is 0 Å². The summed E-state index contributed by atoms with van der Waals surface area (Å²) in [5, 5.41) is 3.65.